The molecule has 0 radical (unpaired) electrons. The first-order chi connectivity index (χ1) is 17.8. The summed E-state index contributed by atoms with van der Waals surface area (Å²) in [6.07, 6.45) is 1.76. The van der Waals surface area contributed by atoms with Crippen LogP contribution in [0.15, 0.2) is 67.4 Å². The molecule has 192 valence electrons. The van der Waals surface area contributed by atoms with Gasteiger partial charge in [0.15, 0.2) is 16.7 Å². The molecular weight excluding hydrogens is 667 g/mol. The van der Waals surface area contributed by atoms with Gasteiger partial charge >= 0.3 is 0 Å². The molecule has 1 aliphatic rings. The predicted molar refractivity (Wildman–Crippen MR) is 158 cm³/mol. The smallest absolute Gasteiger partial charge is 0.264 e. The average molecular weight is 687 g/mol. The SMILES string of the molecule is CCOc1ccc(N=C2NC(=O)/C(=C/c3cc(OC)c(OCc4ccc(Cl)c(Cl)c4)c(Br)c3Br)S2)cc1. The molecule has 1 N–H and O–H groups in total. The van der Waals surface area contributed by atoms with Crippen LogP contribution in [0.4, 0.5) is 5.69 Å². The Labute approximate surface area is 245 Å². The monoisotopic (exact) mass is 684 g/mol. The fourth-order valence-electron chi connectivity index (χ4n) is 3.30. The van der Waals surface area contributed by atoms with Gasteiger partial charge in [-0.05, 0) is 110 Å². The predicted octanol–water partition coefficient (Wildman–Crippen LogP) is 8.40. The maximum atomic E-state index is 12.6. The van der Waals surface area contributed by atoms with Crippen LogP contribution in [0.1, 0.15) is 18.1 Å². The number of carbonyl (C=O) groups excluding carboxylic acids is 1. The van der Waals surface area contributed by atoms with E-state index in [1.165, 1.54) is 11.8 Å². The third-order valence-corrected chi connectivity index (χ3v) is 8.85. The quantitative estimate of drug-likeness (QED) is 0.241. The molecule has 1 fully saturated rings. The van der Waals surface area contributed by atoms with Crippen LogP contribution in [0, 0.1) is 0 Å². The Bertz CT molecular complexity index is 1400. The molecule has 1 saturated heterocycles. The molecule has 0 atom stereocenters. The molecule has 6 nitrogen and oxygen atoms in total. The third-order valence-electron chi connectivity index (χ3n) is 5.06. The van der Waals surface area contributed by atoms with Gasteiger partial charge < -0.3 is 19.5 Å². The highest BCUT2D eigenvalue weighted by Crippen LogP contribution is 2.44. The lowest BCUT2D eigenvalue weighted by atomic mass is 10.1. The summed E-state index contributed by atoms with van der Waals surface area (Å²) in [5, 5.41) is 4.23. The first-order valence-electron chi connectivity index (χ1n) is 10.9. The summed E-state index contributed by atoms with van der Waals surface area (Å²) in [5.74, 6) is 1.53. The van der Waals surface area contributed by atoms with Gasteiger partial charge in [0.2, 0.25) is 0 Å². The van der Waals surface area contributed by atoms with Crippen molar-refractivity contribution < 1.29 is 19.0 Å². The average Bonchev–Trinajstić information content (AvgIpc) is 3.22. The Morgan fingerprint density at radius 1 is 1.03 bits per heavy atom. The number of methoxy groups -OCH3 is 1. The Morgan fingerprint density at radius 3 is 2.46 bits per heavy atom. The second-order valence-electron chi connectivity index (χ2n) is 7.57. The van der Waals surface area contributed by atoms with Gasteiger partial charge in [-0.1, -0.05) is 29.3 Å². The highest BCUT2D eigenvalue weighted by Gasteiger charge is 2.25. The van der Waals surface area contributed by atoms with Crippen LogP contribution in [0.2, 0.25) is 10.0 Å². The second kappa shape index (κ2) is 12.6. The largest absolute Gasteiger partial charge is 0.494 e. The Balaban J connectivity index is 1.55. The molecule has 3 aromatic carbocycles. The maximum absolute atomic E-state index is 12.6. The molecule has 0 spiro atoms. The minimum absolute atomic E-state index is 0.239. The minimum Gasteiger partial charge on any atom is -0.494 e. The summed E-state index contributed by atoms with van der Waals surface area (Å²) in [6.45, 7) is 2.77. The normalized spacial score (nSPS) is 15.2. The number of nitrogens with zero attached hydrogens (tertiary/aromatic N) is 1. The number of benzene rings is 3. The number of amidine groups is 1. The topological polar surface area (TPSA) is 69.2 Å². The number of halogens is 4. The zero-order chi connectivity index (χ0) is 26.5. The highest BCUT2D eigenvalue weighted by molar-refractivity contribution is 9.13. The molecular formula is C26H20Br2Cl2N2O4S. The summed E-state index contributed by atoms with van der Waals surface area (Å²) in [7, 11) is 1.55. The minimum atomic E-state index is -0.239. The van der Waals surface area contributed by atoms with E-state index in [0.717, 1.165) is 16.9 Å². The zero-order valence-electron chi connectivity index (χ0n) is 19.6. The Kier molecular flexibility index (Phi) is 9.47. The Hall–Kier alpha value is -2.17. The first kappa shape index (κ1) is 27.9. The van der Waals surface area contributed by atoms with Crippen molar-refractivity contribution >= 4 is 89.7 Å². The molecule has 1 aliphatic heterocycles. The molecule has 3 aromatic rings. The molecule has 37 heavy (non-hydrogen) atoms. The lowest BCUT2D eigenvalue weighted by Gasteiger charge is -2.16. The van der Waals surface area contributed by atoms with Crippen LogP contribution < -0.4 is 19.5 Å². The van der Waals surface area contributed by atoms with Gasteiger partial charge in [-0.15, -0.1) is 0 Å². The van der Waals surface area contributed by atoms with E-state index < -0.39 is 0 Å². The van der Waals surface area contributed by atoms with E-state index in [4.69, 9.17) is 37.4 Å². The molecule has 0 unspecified atom stereocenters. The molecule has 1 amide bonds. The van der Waals surface area contributed by atoms with E-state index in [1.54, 1.807) is 31.4 Å². The molecule has 11 heteroatoms. The van der Waals surface area contributed by atoms with E-state index in [2.05, 4.69) is 42.2 Å². The molecule has 1 heterocycles. The number of nitrogens with one attached hydrogen (secondary N) is 1. The standard InChI is InChI=1S/C26H20Br2Cl2N2O4S/c1-3-35-17-7-5-16(6-8-17)31-26-32-25(33)21(37-26)12-15-11-20(34-2)24(23(28)22(15)27)36-13-14-4-9-18(29)19(30)10-14/h4-12H,3,13H2,1-2H3,(H,31,32,33)/b21-12-. The summed E-state index contributed by atoms with van der Waals surface area (Å²) in [6, 6.07) is 14.5. The van der Waals surface area contributed by atoms with Crippen molar-refractivity contribution in [1.29, 1.82) is 0 Å². The molecule has 0 aromatic heterocycles. The summed E-state index contributed by atoms with van der Waals surface area (Å²) >= 11 is 20.6. The Morgan fingerprint density at radius 2 is 1.78 bits per heavy atom. The maximum Gasteiger partial charge on any atom is 0.264 e. The molecule has 4 rings (SSSR count). The van der Waals surface area contributed by atoms with E-state index >= 15 is 0 Å². The van der Waals surface area contributed by atoms with Gasteiger partial charge in [0.05, 0.1) is 38.8 Å². The fraction of sp³-hybridized carbons (Fsp3) is 0.154. The third kappa shape index (κ3) is 6.83. The molecule has 0 saturated carbocycles. The summed E-state index contributed by atoms with van der Waals surface area (Å²) in [4.78, 5) is 17.7. The van der Waals surface area contributed by atoms with Crippen LogP contribution in [-0.4, -0.2) is 24.8 Å². The van der Waals surface area contributed by atoms with Crippen molar-refractivity contribution in [3.8, 4) is 17.2 Å². The number of ether oxygens (including phenoxy) is 3. The fourth-order valence-corrected chi connectivity index (χ4v) is 5.40. The van der Waals surface area contributed by atoms with Gasteiger partial charge in [0, 0.05) is 4.47 Å². The van der Waals surface area contributed by atoms with Crippen molar-refractivity contribution in [2.45, 2.75) is 13.5 Å². The van der Waals surface area contributed by atoms with Crippen LogP contribution >= 0.6 is 66.8 Å². The highest BCUT2D eigenvalue weighted by atomic mass is 79.9. The van der Waals surface area contributed by atoms with E-state index in [-0.39, 0.29) is 12.5 Å². The molecule has 0 bridgehead atoms. The van der Waals surface area contributed by atoms with Crippen molar-refractivity contribution in [3.63, 3.8) is 0 Å². The van der Waals surface area contributed by atoms with Crippen LogP contribution in [0.25, 0.3) is 6.08 Å². The molecule has 0 aliphatic carbocycles. The van der Waals surface area contributed by atoms with Gasteiger partial charge in [-0.3, -0.25) is 4.79 Å². The van der Waals surface area contributed by atoms with Crippen molar-refractivity contribution in [3.05, 3.63) is 83.6 Å². The lowest BCUT2D eigenvalue weighted by Crippen LogP contribution is -2.19. The van der Waals surface area contributed by atoms with Crippen LogP contribution in [-0.2, 0) is 11.4 Å². The summed E-state index contributed by atoms with van der Waals surface area (Å²) < 4.78 is 18.4. The lowest BCUT2D eigenvalue weighted by molar-refractivity contribution is -0.115. The first-order valence-corrected chi connectivity index (χ1v) is 14.1. The second-order valence-corrected chi connectivity index (χ2v) is 11.0. The number of rotatable bonds is 8. The van der Waals surface area contributed by atoms with E-state index in [0.29, 0.717) is 52.9 Å². The summed E-state index contributed by atoms with van der Waals surface area (Å²) in [5.41, 5.74) is 2.29. The van der Waals surface area contributed by atoms with Crippen molar-refractivity contribution in [2.75, 3.05) is 13.7 Å². The van der Waals surface area contributed by atoms with Gasteiger partial charge in [-0.2, -0.15) is 0 Å². The number of carbonyl (C=O) groups is 1. The zero-order valence-corrected chi connectivity index (χ0v) is 25.1. The number of hydrogen-bond donors (Lipinski definition) is 1. The van der Waals surface area contributed by atoms with E-state index in [9.17, 15) is 4.79 Å². The van der Waals surface area contributed by atoms with Crippen molar-refractivity contribution in [1.82, 2.24) is 5.32 Å². The number of amides is 1. The van der Waals surface area contributed by atoms with Crippen LogP contribution in [0.5, 0.6) is 17.2 Å². The van der Waals surface area contributed by atoms with Crippen molar-refractivity contribution in [2.24, 2.45) is 4.99 Å². The number of thioether (sulfide) groups is 1. The number of aliphatic imine (C=N–C) groups is 1. The number of hydrogen-bond acceptors (Lipinski definition) is 6. The van der Waals surface area contributed by atoms with Gasteiger partial charge in [0.25, 0.3) is 5.91 Å². The van der Waals surface area contributed by atoms with Crippen LogP contribution in [0.3, 0.4) is 0 Å². The van der Waals surface area contributed by atoms with Gasteiger partial charge in [0.1, 0.15) is 12.4 Å². The van der Waals surface area contributed by atoms with E-state index in [1.807, 2.05) is 37.3 Å². The van der Waals surface area contributed by atoms with Gasteiger partial charge in [-0.25, -0.2) is 4.99 Å².